The standard InChI is InChI=1S/C15H14N8O/c1-22(13-7-14-20-18-9-23(14)15(16)19-13)8-11-6-12(21-24-11)10-2-4-17-5-3-10/h2-7,9H,8H2,1H3,(H2,16,19). The van der Waals surface area contributed by atoms with Gasteiger partial charge in [0.2, 0.25) is 5.95 Å². The summed E-state index contributed by atoms with van der Waals surface area (Å²) in [4.78, 5) is 10.3. The van der Waals surface area contributed by atoms with E-state index in [9.17, 15) is 0 Å². The zero-order valence-electron chi connectivity index (χ0n) is 12.9. The molecular formula is C15H14N8O. The van der Waals surface area contributed by atoms with Crippen molar-refractivity contribution >= 4 is 17.4 Å². The number of anilines is 2. The Morgan fingerprint density at radius 2 is 2.08 bits per heavy atom. The van der Waals surface area contributed by atoms with E-state index >= 15 is 0 Å². The van der Waals surface area contributed by atoms with Gasteiger partial charge in [-0.05, 0) is 12.1 Å². The lowest BCUT2D eigenvalue weighted by atomic mass is 10.2. The molecule has 0 saturated carbocycles. The quantitative estimate of drug-likeness (QED) is 0.600. The zero-order chi connectivity index (χ0) is 16.5. The molecular weight excluding hydrogens is 308 g/mol. The molecule has 0 fully saturated rings. The van der Waals surface area contributed by atoms with Crippen molar-refractivity contribution in [3.63, 3.8) is 0 Å². The van der Waals surface area contributed by atoms with Gasteiger partial charge in [-0.2, -0.15) is 4.98 Å². The van der Waals surface area contributed by atoms with Crippen LogP contribution in [0.2, 0.25) is 0 Å². The smallest absolute Gasteiger partial charge is 0.209 e. The van der Waals surface area contributed by atoms with Crippen LogP contribution in [0.5, 0.6) is 0 Å². The summed E-state index contributed by atoms with van der Waals surface area (Å²) in [6.45, 7) is 0.495. The van der Waals surface area contributed by atoms with Crippen molar-refractivity contribution in [2.24, 2.45) is 0 Å². The number of pyridine rings is 1. The minimum atomic E-state index is 0.328. The number of fused-ring (bicyclic) bond motifs is 1. The second-order valence-corrected chi connectivity index (χ2v) is 5.30. The third-order valence-corrected chi connectivity index (χ3v) is 3.63. The maximum Gasteiger partial charge on any atom is 0.209 e. The molecule has 0 aliphatic carbocycles. The fourth-order valence-corrected chi connectivity index (χ4v) is 2.39. The number of rotatable bonds is 4. The van der Waals surface area contributed by atoms with Crippen LogP contribution in [-0.4, -0.2) is 36.8 Å². The van der Waals surface area contributed by atoms with Gasteiger partial charge in [0.25, 0.3) is 0 Å². The maximum atomic E-state index is 5.92. The van der Waals surface area contributed by atoms with Gasteiger partial charge in [0.05, 0.1) is 6.54 Å². The summed E-state index contributed by atoms with van der Waals surface area (Å²) >= 11 is 0. The first-order chi connectivity index (χ1) is 11.7. The molecule has 4 aromatic heterocycles. The number of hydrogen-bond acceptors (Lipinski definition) is 8. The molecule has 0 unspecified atom stereocenters. The van der Waals surface area contributed by atoms with Gasteiger partial charge in [0.1, 0.15) is 17.8 Å². The van der Waals surface area contributed by atoms with Crippen molar-refractivity contribution in [3.8, 4) is 11.3 Å². The number of nitrogens with two attached hydrogens (primary N) is 1. The van der Waals surface area contributed by atoms with Crippen LogP contribution in [0.1, 0.15) is 5.76 Å². The molecule has 0 bridgehead atoms. The zero-order valence-corrected chi connectivity index (χ0v) is 12.9. The Morgan fingerprint density at radius 3 is 2.92 bits per heavy atom. The van der Waals surface area contributed by atoms with Gasteiger partial charge in [-0.1, -0.05) is 5.16 Å². The van der Waals surface area contributed by atoms with Crippen LogP contribution in [0.4, 0.5) is 11.8 Å². The van der Waals surface area contributed by atoms with Crippen molar-refractivity contribution in [2.75, 3.05) is 17.7 Å². The van der Waals surface area contributed by atoms with E-state index in [-0.39, 0.29) is 0 Å². The molecule has 4 heterocycles. The average molecular weight is 322 g/mol. The SMILES string of the molecule is CN(Cc1cc(-c2ccncc2)no1)c1cc2nncn2c(N)n1. The van der Waals surface area contributed by atoms with Gasteiger partial charge in [-0.15, -0.1) is 10.2 Å². The summed E-state index contributed by atoms with van der Waals surface area (Å²) in [5.41, 5.74) is 8.27. The predicted octanol–water partition coefficient (Wildman–Crippen LogP) is 1.39. The molecule has 0 spiro atoms. The molecule has 0 aliphatic heterocycles. The number of hydrogen-bond donors (Lipinski definition) is 1. The van der Waals surface area contributed by atoms with Crippen LogP contribution < -0.4 is 10.6 Å². The van der Waals surface area contributed by atoms with Gasteiger partial charge in [0, 0.05) is 37.1 Å². The average Bonchev–Trinajstić information content (AvgIpc) is 3.25. The van der Waals surface area contributed by atoms with Crippen LogP contribution in [0, 0.1) is 0 Å². The van der Waals surface area contributed by atoms with E-state index in [1.165, 1.54) is 6.33 Å². The molecule has 0 amide bonds. The Balaban J connectivity index is 1.57. The van der Waals surface area contributed by atoms with Crippen LogP contribution in [0.3, 0.4) is 0 Å². The highest BCUT2D eigenvalue weighted by Crippen LogP contribution is 2.21. The Hall–Kier alpha value is -3.49. The van der Waals surface area contributed by atoms with Crippen LogP contribution in [0.15, 0.2) is 47.5 Å². The largest absolute Gasteiger partial charge is 0.369 e. The van der Waals surface area contributed by atoms with E-state index in [4.69, 9.17) is 10.3 Å². The molecule has 0 atom stereocenters. The summed E-state index contributed by atoms with van der Waals surface area (Å²) in [6.07, 6.45) is 4.96. The van der Waals surface area contributed by atoms with E-state index in [1.54, 1.807) is 16.8 Å². The normalized spacial score (nSPS) is 11.0. The minimum Gasteiger partial charge on any atom is -0.369 e. The third kappa shape index (κ3) is 2.51. The molecule has 0 radical (unpaired) electrons. The Morgan fingerprint density at radius 1 is 1.25 bits per heavy atom. The van der Waals surface area contributed by atoms with Crippen molar-refractivity contribution < 1.29 is 4.52 Å². The number of nitrogens with zero attached hydrogens (tertiary/aromatic N) is 7. The molecule has 4 rings (SSSR count). The minimum absolute atomic E-state index is 0.328. The second kappa shape index (κ2) is 5.61. The summed E-state index contributed by atoms with van der Waals surface area (Å²) in [7, 11) is 1.89. The molecule has 2 N–H and O–H groups in total. The van der Waals surface area contributed by atoms with Crippen LogP contribution in [-0.2, 0) is 6.54 Å². The predicted molar refractivity (Wildman–Crippen MR) is 87.0 cm³/mol. The van der Waals surface area contributed by atoms with Crippen molar-refractivity contribution in [1.82, 2.24) is 29.7 Å². The van der Waals surface area contributed by atoms with E-state index in [2.05, 4.69) is 25.3 Å². The lowest BCUT2D eigenvalue weighted by molar-refractivity contribution is 0.385. The first-order valence-corrected chi connectivity index (χ1v) is 7.24. The topological polar surface area (TPSA) is 111 Å². The maximum absolute atomic E-state index is 5.92. The monoisotopic (exact) mass is 322 g/mol. The highest BCUT2D eigenvalue weighted by molar-refractivity contribution is 5.58. The van der Waals surface area contributed by atoms with Crippen molar-refractivity contribution in [1.29, 1.82) is 0 Å². The van der Waals surface area contributed by atoms with Crippen molar-refractivity contribution in [2.45, 2.75) is 6.54 Å². The lowest BCUT2D eigenvalue weighted by Gasteiger charge is -2.16. The Labute approximate surface area is 136 Å². The van der Waals surface area contributed by atoms with Gasteiger partial charge in [-0.25, -0.2) is 0 Å². The summed E-state index contributed by atoms with van der Waals surface area (Å²) in [5, 5.41) is 11.9. The summed E-state index contributed by atoms with van der Waals surface area (Å²) < 4.78 is 7.03. The molecule has 0 aliphatic rings. The lowest BCUT2D eigenvalue weighted by Crippen LogP contribution is -2.18. The van der Waals surface area contributed by atoms with E-state index < -0.39 is 0 Å². The molecule has 0 aromatic carbocycles. The van der Waals surface area contributed by atoms with Gasteiger partial charge in [0.15, 0.2) is 11.4 Å². The van der Waals surface area contributed by atoms with E-state index in [0.717, 1.165) is 11.3 Å². The van der Waals surface area contributed by atoms with Crippen molar-refractivity contribution in [3.05, 3.63) is 48.7 Å². The van der Waals surface area contributed by atoms with Gasteiger partial charge >= 0.3 is 0 Å². The molecule has 120 valence electrons. The van der Waals surface area contributed by atoms with E-state index in [0.29, 0.717) is 29.7 Å². The van der Waals surface area contributed by atoms with Gasteiger partial charge in [-0.3, -0.25) is 9.38 Å². The van der Waals surface area contributed by atoms with Crippen LogP contribution >= 0.6 is 0 Å². The fraction of sp³-hybridized carbons (Fsp3) is 0.133. The fourth-order valence-electron chi connectivity index (χ4n) is 2.39. The molecule has 9 heteroatoms. The first kappa shape index (κ1) is 14.1. The Kier molecular flexibility index (Phi) is 3.30. The molecule has 4 aromatic rings. The highest BCUT2D eigenvalue weighted by Gasteiger charge is 2.12. The summed E-state index contributed by atoms with van der Waals surface area (Å²) in [5.74, 6) is 1.72. The highest BCUT2D eigenvalue weighted by atomic mass is 16.5. The second-order valence-electron chi connectivity index (χ2n) is 5.30. The number of nitrogen functional groups attached to an aromatic ring is 1. The van der Waals surface area contributed by atoms with E-state index in [1.807, 2.05) is 36.2 Å². The molecule has 0 saturated heterocycles. The van der Waals surface area contributed by atoms with Crippen LogP contribution in [0.25, 0.3) is 16.9 Å². The summed E-state index contributed by atoms with van der Waals surface area (Å²) in [6, 6.07) is 7.47. The van der Waals surface area contributed by atoms with Gasteiger partial charge < -0.3 is 15.2 Å². The number of aromatic nitrogens is 6. The third-order valence-electron chi connectivity index (χ3n) is 3.63. The molecule has 9 nitrogen and oxygen atoms in total. The first-order valence-electron chi connectivity index (χ1n) is 7.24. The molecule has 24 heavy (non-hydrogen) atoms. The Bertz CT molecular complexity index is 977.